The highest BCUT2D eigenvalue weighted by molar-refractivity contribution is 6.08. The van der Waals surface area contributed by atoms with Crippen molar-refractivity contribution in [3.8, 4) is 0 Å². The second kappa shape index (κ2) is 11.8. The smallest absolute Gasteiger partial charge is 0.407 e. The van der Waals surface area contributed by atoms with E-state index in [-0.39, 0.29) is 46.3 Å². The van der Waals surface area contributed by atoms with Gasteiger partial charge in [0, 0.05) is 32.0 Å². The fourth-order valence-electron chi connectivity index (χ4n) is 5.94. The number of hydrogen-bond acceptors (Lipinski definition) is 8. The molecule has 2 aliphatic rings. The number of ether oxygens (including phenoxy) is 1. The molecule has 3 aromatic rings. The second-order valence-electron chi connectivity index (χ2n) is 12.1. The van der Waals surface area contributed by atoms with Gasteiger partial charge in [0.1, 0.15) is 11.4 Å². The third-order valence-corrected chi connectivity index (χ3v) is 8.37. The number of fused-ring (bicyclic) bond motifs is 1. The Morgan fingerprint density at radius 2 is 1.86 bits per heavy atom. The van der Waals surface area contributed by atoms with E-state index in [2.05, 4.69) is 20.5 Å². The van der Waals surface area contributed by atoms with E-state index in [0.717, 1.165) is 0 Å². The normalized spacial score (nSPS) is 21.3. The van der Waals surface area contributed by atoms with Crippen LogP contribution in [0.25, 0.3) is 5.65 Å². The Hall–Kier alpha value is -4.30. The Morgan fingerprint density at radius 1 is 1.14 bits per heavy atom. The van der Waals surface area contributed by atoms with Gasteiger partial charge in [-0.15, -0.1) is 0 Å². The van der Waals surface area contributed by atoms with E-state index in [0.29, 0.717) is 51.1 Å². The molecule has 1 saturated carbocycles. The maximum Gasteiger partial charge on any atom is 0.407 e. The number of halogens is 2. The number of esters is 1. The highest BCUT2D eigenvalue weighted by Crippen LogP contribution is 2.35. The first-order valence-corrected chi connectivity index (χ1v) is 14.2. The van der Waals surface area contributed by atoms with Gasteiger partial charge in [-0.05, 0) is 37.2 Å². The highest BCUT2D eigenvalue weighted by atomic mass is 19.3. The number of carbonyl (C=O) groups excluding carboxylic acids is 2. The number of aromatic nitrogens is 5. The van der Waals surface area contributed by atoms with Gasteiger partial charge in [-0.25, -0.2) is 23.1 Å². The molecule has 3 aromatic heterocycles. The lowest BCUT2D eigenvalue weighted by molar-refractivity contribution is -0.146. The second-order valence-corrected chi connectivity index (χ2v) is 12.1. The third kappa shape index (κ3) is 6.11. The Labute approximate surface area is 246 Å². The molecule has 43 heavy (non-hydrogen) atoms. The summed E-state index contributed by atoms with van der Waals surface area (Å²) in [4.78, 5) is 45.1. The molecular weight excluding hydrogens is 566 g/mol. The predicted octanol–water partition coefficient (Wildman–Crippen LogP) is 4.23. The molecule has 1 aliphatic carbocycles. The fraction of sp³-hybridized carbons (Fsp3) is 0.571. The van der Waals surface area contributed by atoms with Gasteiger partial charge in [-0.3, -0.25) is 14.3 Å². The van der Waals surface area contributed by atoms with E-state index in [4.69, 9.17) is 4.74 Å². The number of nitrogens with zero attached hydrogens (tertiary/aromatic N) is 7. The van der Waals surface area contributed by atoms with Crippen LogP contribution in [0, 0.1) is 11.3 Å². The number of alkyl halides is 2. The minimum Gasteiger partial charge on any atom is -0.469 e. The first-order chi connectivity index (χ1) is 20.4. The quantitative estimate of drug-likeness (QED) is 0.396. The molecule has 2 fully saturated rings. The summed E-state index contributed by atoms with van der Waals surface area (Å²) in [6.07, 6.45) is 2.73. The molecule has 15 heteroatoms. The van der Waals surface area contributed by atoms with Crippen molar-refractivity contribution in [3.05, 3.63) is 35.9 Å². The summed E-state index contributed by atoms with van der Waals surface area (Å²) in [6, 6.07) is 1.26. The standard InChI is InChI=1S/C28H36F2N8O5/c1-28(2,3)20-15-35(11-12-36(20)27(41)42)21-9-10-37-24(33-21)18(13-31-37)25(39)32-19-14-38(34-22(19)23(29)30)17-7-5-16(6-8-17)26(40)43-4/h9-10,13-14,16-17,20,23H,5-8,11-12,15H2,1-4H3,(H,32,39)(H,41,42). The van der Waals surface area contributed by atoms with Crippen LogP contribution in [0.5, 0.6) is 0 Å². The molecule has 2 N–H and O–H groups in total. The van der Waals surface area contributed by atoms with Gasteiger partial charge in [0.2, 0.25) is 0 Å². The number of methoxy groups -OCH3 is 1. The molecule has 1 atom stereocenters. The molecule has 0 radical (unpaired) electrons. The van der Waals surface area contributed by atoms with Crippen LogP contribution in [0.3, 0.4) is 0 Å². The van der Waals surface area contributed by atoms with Gasteiger partial charge >= 0.3 is 12.1 Å². The van der Waals surface area contributed by atoms with Crippen LogP contribution in [0.4, 0.5) is 25.1 Å². The summed E-state index contributed by atoms with van der Waals surface area (Å²) in [6.45, 7) is 7.06. The average Bonchev–Trinajstić information content (AvgIpc) is 3.60. The van der Waals surface area contributed by atoms with Crippen molar-refractivity contribution >= 4 is 35.1 Å². The number of nitrogens with one attached hydrogen (secondary N) is 1. The van der Waals surface area contributed by atoms with E-state index in [1.165, 1.54) is 33.6 Å². The van der Waals surface area contributed by atoms with Crippen molar-refractivity contribution in [2.45, 2.75) is 65.0 Å². The van der Waals surface area contributed by atoms with E-state index >= 15 is 0 Å². The molecule has 1 unspecified atom stereocenters. The largest absolute Gasteiger partial charge is 0.469 e. The summed E-state index contributed by atoms with van der Waals surface area (Å²) in [5, 5.41) is 20.6. The SMILES string of the molecule is COC(=O)C1CCC(n2cc(NC(=O)c3cnn4ccc(N5CCN(C(=O)O)C(C(C)(C)C)C5)nc34)c(C(F)F)n2)CC1. The van der Waals surface area contributed by atoms with Gasteiger partial charge < -0.3 is 25.0 Å². The van der Waals surface area contributed by atoms with Gasteiger partial charge in [-0.2, -0.15) is 10.2 Å². The minimum absolute atomic E-state index is 0.0879. The number of carboxylic acid groups (broad SMARTS) is 1. The number of amides is 2. The molecule has 1 aliphatic heterocycles. The number of rotatable bonds is 6. The number of anilines is 2. The Bertz CT molecular complexity index is 1510. The van der Waals surface area contributed by atoms with Crippen LogP contribution < -0.4 is 10.2 Å². The van der Waals surface area contributed by atoms with Crippen molar-refractivity contribution in [1.29, 1.82) is 0 Å². The Balaban J connectivity index is 1.35. The van der Waals surface area contributed by atoms with Crippen LogP contribution in [-0.4, -0.2) is 85.1 Å². The summed E-state index contributed by atoms with van der Waals surface area (Å²) < 4.78 is 35.6. The van der Waals surface area contributed by atoms with Crippen LogP contribution in [0.1, 0.15) is 75.0 Å². The fourth-order valence-corrected chi connectivity index (χ4v) is 5.94. The molecule has 13 nitrogen and oxygen atoms in total. The average molecular weight is 603 g/mol. The van der Waals surface area contributed by atoms with Crippen LogP contribution >= 0.6 is 0 Å². The van der Waals surface area contributed by atoms with Crippen LogP contribution in [0.2, 0.25) is 0 Å². The monoisotopic (exact) mass is 602 g/mol. The lowest BCUT2D eigenvalue weighted by Gasteiger charge is -2.46. The maximum atomic E-state index is 14.0. The molecule has 5 rings (SSSR count). The molecule has 0 aromatic carbocycles. The van der Waals surface area contributed by atoms with Gasteiger partial charge in [0.15, 0.2) is 11.3 Å². The molecule has 0 bridgehead atoms. The topological polar surface area (TPSA) is 147 Å². The lowest BCUT2D eigenvalue weighted by Crippen LogP contribution is -2.59. The molecule has 2 amide bonds. The number of carbonyl (C=O) groups is 3. The van der Waals surface area contributed by atoms with E-state index in [1.807, 2.05) is 25.7 Å². The Kier molecular flexibility index (Phi) is 8.25. The predicted molar refractivity (Wildman–Crippen MR) is 151 cm³/mol. The third-order valence-electron chi connectivity index (χ3n) is 8.37. The van der Waals surface area contributed by atoms with Crippen molar-refractivity contribution in [3.63, 3.8) is 0 Å². The van der Waals surface area contributed by atoms with E-state index < -0.39 is 24.1 Å². The number of piperazine rings is 1. The van der Waals surface area contributed by atoms with Crippen molar-refractivity contribution in [2.24, 2.45) is 11.3 Å². The minimum atomic E-state index is -2.92. The van der Waals surface area contributed by atoms with Crippen molar-refractivity contribution < 1.29 is 33.0 Å². The van der Waals surface area contributed by atoms with Crippen LogP contribution in [0.15, 0.2) is 24.7 Å². The zero-order chi connectivity index (χ0) is 31.1. The summed E-state index contributed by atoms with van der Waals surface area (Å²) in [5.74, 6) is -0.621. The maximum absolute atomic E-state index is 14.0. The zero-order valence-electron chi connectivity index (χ0n) is 24.5. The van der Waals surface area contributed by atoms with Crippen LogP contribution in [-0.2, 0) is 9.53 Å². The summed E-state index contributed by atoms with van der Waals surface area (Å²) >= 11 is 0. The molecular formula is C28H36F2N8O5. The Morgan fingerprint density at radius 3 is 2.49 bits per heavy atom. The van der Waals surface area contributed by atoms with Crippen molar-refractivity contribution in [1.82, 2.24) is 29.3 Å². The first kappa shape index (κ1) is 30.2. The van der Waals surface area contributed by atoms with E-state index in [9.17, 15) is 28.3 Å². The van der Waals surface area contributed by atoms with Gasteiger partial charge in [-0.1, -0.05) is 20.8 Å². The zero-order valence-corrected chi connectivity index (χ0v) is 24.5. The summed E-state index contributed by atoms with van der Waals surface area (Å²) in [7, 11) is 1.34. The summed E-state index contributed by atoms with van der Waals surface area (Å²) in [5.41, 5.74) is -0.655. The highest BCUT2D eigenvalue weighted by Gasteiger charge is 2.38. The molecule has 1 saturated heterocycles. The van der Waals surface area contributed by atoms with E-state index in [1.54, 1.807) is 12.3 Å². The number of hydrogen-bond donors (Lipinski definition) is 2. The first-order valence-electron chi connectivity index (χ1n) is 14.2. The molecule has 232 valence electrons. The molecule has 0 spiro atoms. The van der Waals surface area contributed by atoms with Gasteiger partial charge in [0.05, 0.1) is 37.0 Å². The van der Waals surface area contributed by atoms with Crippen molar-refractivity contribution in [2.75, 3.05) is 37.0 Å². The van der Waals surface area contributed by atoms with Gasteiger partial charge in [0.25, 0.3) is 12.3 Å². The lowest BCUT2D eigenvalue weighted by atomic mass is 9.84. The molecule has 4 heterocycles.